The van der Waals surface area contributed by atoms with Crippen molar-refractivity contribution in [1.82, 2.24) is 0 Å². The van der Waals surface area contributed by atoms with E-state index in [1.807, 2.05) is 24.3 Å². The van der Waals surface area contributed by atoms with Crippen molar-refractivity contribution in [2.75, 3.05) is 10.6 Å². The molecule has 0 fully saturated rings. The highest BCUT2D eigenvalue weighted by Crippen LogP contribution is 2.15. The lowest BCUT2D eigenvalue weighted by Gasteiger charge is -2.09. The lowest BCUT2D eigenvalue weighted by molar-refractivity contribution is 0.262. The van der Waals surface area contributed by atoms with Gasteiger partial charge >= 0.3 is 6.03 Å². The minimum absolute atomic E-state index is 0.285. The van der Waals surface area contributed by atoms with Crippen LogP contribution < -0.4 is 10.6 Å². The molecule has 2 N–H and O–H groups in total. The van der Waals surface area contributed by atoms with E-state index in [1.54, 1.807) is 13.0 Å². The van der Waals surface area contributed by atoms with Gasteiger partial charge in [-0.15, -0.1) is 0 Å². The first kappa shape index (κ1) is 15.0. The predicted molar refractivity (Wildman–Crippen MR) is 84.2 cm³/mol. The fourth-order valence-electron chi connectivity index (χ4n) is 2.06. The van der Waals surface area contributed by atoms with Crippen LogP contribution in [0.15, 0.2) is 42.5 Å². The number of urea groups is 1. The molecule has 3 nitrogen and oxygen atoms in total. The molecule has 0 aliphatic rings. The largest absolute Gasteiger partial charge is 0.323 e. The third-order valence-corrected chi connectivity index (χ3v) is 3.17. The van der Waals surface area contributed by atoms with Crippen molar-refractivity contribution in [3.05, 3.63) is 59.4 Å². The van der Waals surface area contributed by atoms with Crippen LogP contribution in [-0.2, 0) is 6.42 Å². The van der Waals surface area contributed by atoms with Crippen LogP contribution in [0.3, 0.4) is 0 Å². The Bertz CT molecular complexity index is 623. The zero-order chi connectivity index (χ0) is 15.2. The normalized spacial score (nSPS) is 10.2. The number of carbonyl (C=O) groups excluding carboxylic acids is 1. The standard InChI is InChI=1S/C17H19FN2O/c1-3-4-13-5-7-14(8-6-13)19-17(21)20-15-9-10-16(18)12(2)11-15/h5-11H,3-4H2,1-2H3,(H2,19,20,21). The molecule has 21 heavy (non-hydrogen) atoms. The van der Waals surface area contributed by atoms with Crippen molar-refractivity contribution >= 4 is 17.4 Å². The van der Waals surface area contributed by atoms with Gasteiger partial charge in [0.25, 0.3) is 0 Å². The van der Waals surface area contributed by atoms with Gasteiger partial charge in [-0.1, -0.05) is 25.5 Å². The van der Waals surface area contributed by atoms with Crippen LogP contribution in [0, 0.1) is 12.7 Å². The van der Waals surface area contributed by atoms with E-state index in [4.69, 9.17) is 0 Å². The van der Waals surface area contributed by atoms with E-state index < -0.39 is 0 Å². The van der Waals surface area contributed by atoms with E-state index in [9.17, 15) is 9.18 Å². The van der Waals surface area contributed by atoms with Gasteiger partial charge in [0.1, 0.15) is 5.82 Å². The summed E-state index contributed by atoms with van der Waals surface area (Å²) in [7, 11) is 0. The van der Waals surface area contributed by atoms with Crippen LogP contribution in [0.25, 0.3) is 0 Å². The highest BCUT2D eigenvalue weighted by molar-refractivity contribution is 5.99. The zero-order valence-electron chi connectivity index (χ0n) is 12.2. The molecule has 2 rings (SSSR count). The minimum Gasteiger partial charge on any atom is -0.308 e. The quantitative estimate of drug-likeness (QED) is 0.838. The van der Waals surface area contributed by atoms with Crippen molar-refractivity contribution in [2.45, 2.75) is 26.7 Å². The molecule has 0 aliphatic carbocycles. The summed E-state index contributed by atoms with van der Waals surface area (Å²) in [6.07, 6.45) is 2.12. The van der Waals surface area contributed by atoms with Crippen LogP contribution in [0.5, 0.6) is 0 Å². The molecular formula is C17H19FN2O. The van der Waals surface area contributed by atoms with Crippen LogP contribution in [-0.4, -0.2) is 6.03 Å². The molecule has 0 aliphatic heterocycles. The summed E-state index contributed by atoms with van der Waals surface area (Å²) in [6, 6.07) is 11.9. The number of hydrogen-bond donors (Lipinski definition) is 2. The number of rotatable bonds is 4. The van der Waals surface area contributed by atoms with Gasteiger partial charge < -0.3 is 10.6 Å². The fourth-order valence-corrected chi connectivity index (χ4v) is 2.06. The van der Waals surface area contributed by atoms with Crippen LogP contribution in [0.4, 0.5) is 20.6 Å². The summed E-state index contributed by atoms with van der Waals surface area (Å²) in [5, 5.41) is 5.43. The molecular weight excluding hydrogens is 267 g/mol. The summed E-state index contributed by atoms with van der Waals surface area (Å²) in [6.45, 7) is 3.79. The maximum Gasteiger partial charge on any atom is 0.323 e. The summed E-state index contributed by atoms with van der Waals surface area (Å²) < 4.78 is 13.2. The van der Waals surface area contributed by atoms with E-state index in [0.717, 1.165) is 18.5 Å². The molecule has 0 aromatic heterocycles. The van der Waals surface area contributed by atoms with Gasteiger partial charge in [0.15, 0.2) is 0 Å². The lowest BCUT2D eigenvalue weighted by atomic mass is 10.1. The van der Waals surface area contributed by atoms with Gasteiger partial charge in [-0.2, -0.15) is 0 Å². The maximum absolute atomic E-state index is 13.2. The Morgan fingerprint density at radius 2 is 1.67 bits per heavy atom. The second-order valence-corrected chi connectivity index (χ2v) is 4.99. The Kier molecular flexibility index (Phi) is 4.93. The monoisotopic (exact) mass is 286 g/mol. The van der Waals surface area contributed by atoms with Crippen LogP contribution >= 0.6 is 0 Å². The number of anilines is 2. The highest BCUT2D eigenvalue weighted by Gasteiger charge is 2.04. The van der Waals surface area contributed by atoms with Gasteiger partial charge in [0.2, 0.25) is 0 Å². The summed E-state index contributed by atoms with van der Waals surface area (Å²) >= 11 is 0. The highest BCUT2D eigenvalue weighted by atomic mass is 19.1. The number of halogens is 1. The SMILES string of the molecule is CCCc1ccc(NC(=O)Nc2ccc(F)c(C)c2)cc1. The van der Waals surface area contributed by atoms with Gasteiger partial charge in [-0.05, 0) is 54.8 Å². The third kappa shape index (κ3) is 4.31. The Hall–Kier alpha value is -2.36. The average Bonchev–Trinajstić information content (AvgIpc) is 2.45. The molecule has 110 valence electrons. The first-order valence-electron chi connectivity index (χ1n) is 7.01. The molecule has 4 heteroatoms. The molecule has 0 unspecified atom stereocenters. The smallest absolute Gasteiger partial charge is 0.308 e. The van der Waals surface area contributed by atoms with Crippen molar-refractivity contribution in [3.63, 3.8) is 0 Å². The summed E-state index contributed by atoms with van der Waals surface area (Å²) in [5.74, 6) is -0.285. The Balaban J connectivity index is 1.96. The topological polar surface area (TPSA) is 41.1 Å². The Morgan fingerprint density at radius 1 is 1.05 bits per heavy atom. The Labute approximate surface area is 124 Å². The predicted octanol–water partition coefficient (Wildman–Crippen LogP) is 4.73. The van der Waals surface area contributed by atoms with E-state index >= 15 is 0 Å². The third-order valence-electron chi connectivity index (χ3n) is 3.17. The molecule has 0 saturated heterocycles. The van der Waals surface area contributed by atoms with Crippen molar-refractivity contribution < 1.29 is 9.18 Å². The number of amides is 2. The average molecular weight is 286 g/mol. The van der Waals surface area contributed by atoms with Crippen molar-refractivity contribution in [1.29, 1.82) is 0 Å². The maximum atomic E-state index is 13.2. The number of carbonyl (C=O) groups is 1. The van der Waals surface area contributed by atoms with E-state index in [1.165, 1.54) is 17.7 Å². The molecule has 0 heterocycles. The van der Waals surface area contributed by atoms with Crippen LogP contribution in [0.1, 0.15) is 24.5 Å². The van der Waals surface area contributed by atoms with Gasteiger partial charge in [0, 0.05) is 11.4 Å². The van der Waals surface area contributed by atoms with Gasteiger partial charge in [0.05, 0.1) is 0 Å². The number of nitrogens with one attached hydrogen (secondary N) is 2. The molecule has 0 bridgehead atoms. The number of benzene rings is 2. The molecule has 0 atom stereocenters. The Morgan fingerprint density at radius 3 is 2.29 bits per heavy atom. The molecule has 0 radical (unpaired) electrons. The minimum atomic E-state index is -0.343. The summed E-state index contributed by atoms with van der Waals surface area (Å²) in [4.78, 5) is 11.9. The van der Waals surface area contributed by atoms with E-state index in [2.05, 4.69) is 17.6 Å². The van der Waals surface area contributed by atoms with Crippen molar-refractivity contribution in [2.24, 2.45) is 0 Å². The first-order valence-corrected chi connectivity index (χ1v) is 7.01. The molecule has 2 aromatic carbocycles. The molecule has 0 saturated carbocycles. The van der Waals surface area contributed by atoms with Crippen molar-refractivity contribution in [3.8, 4) is 0 Å². The van der Waals surface area contributed by atoms with Gasteiger partial charge in [-0.25, -0.2) is 9.18 Å². The number of aryl methyl sites for hydroxylation is 2. The molecule has 0 spiro atoms. The second kappa shape index (κ2) is 6.88. The van der Waals surface area contributed by atoms with Gasteiger partial charge in [-0.3, -0.25) is 0 Å². The fraction of sp³-hybridized carbons (Fsp3) is 0.235. The second-order valence-electron chi connectivity index (χ2n) is 4.99. The zero-order valence-corrected chi connectivity index (χ0v) is 12.2. The molecule has 2 amide bonds. The molecule has 2 aromatic rings. The first-order chi connectivity index (χ1) is 10.1. The lowest BCUT2D eigenvalue weighted by Crippen LogP contribution is -2.19. The van der Waals surface area contributed by atoms with Crippen LogP contribution in [0.2, 0.25) is 0 Å². The van der Waals surface area contributed by atoms with E-state index in [0.29, 0.717) is 11.3 Å². The summed E-state index contributed by atoms with van der Waals surface area (Å²) in [5.41, 5.74) is 3.04. The van der Waals surface area contributed by atoms with E-state index in [-0.39, 0.29) is 11.8 Å². The number of hydrogen-bond acceptors (Lipinski definition) is 1.